The van der Waals surface area contributed by atoms with Gasteiger partial charge in [0.1, 0.15) is 6.04 Å². The normalized spacial score (nSPS) is 13.1. The fourth-order valence-electron chi connectivity index (χ4n) is 1.44. The molecule has 1 atom stereocenters. The van der Waals surface area contributed by atoms with E-state index in [1.807, 2.05) is 6.07 Å². The molecule has 2 N–H and O–H groups in total. The zero-order valence-electron chi connectivity index (χ0n) is 9.17. The summed E-state index contributed by atoms with van der Waals surface area (Å²) in [5.74, 6) is 0. The number of aryl methyl sites for hydroxylation is 1. The number of hydrogen-bond acceptors (Lipinski definition) is 2. The summed E-state index contributed by atoms with van der Waals surface area (Å²) < 4.78 is 36.3. The van der Waals surface area contributed by atoms with E-state index in [9.17, 15) is 13.2 Å². The largest absolute Gasteiger partial charge is 0.403 e. The monoisotopic (exact) mass is 242 g/mol. The standard InChI is InChI=1S/C12H13F3N2/c13-12(14,15)11(17)3-1-2-9-4-6-10(8-16)7-5-9/h4-7,11H,1-3,17H2/t11-/m0/s1. The van der Waals surface area contributed by atoms with Crippen molar-refractivity contribution < 1.29 is 13.2 Å². The van der Waals surface area contributed by atoms with Crippen LogP contribution >= 0.6 is 0 Å². The van der Waals surface area contributed by atoms with Crippen LogP contribution in [0.15, 0.2) is 24.3 Å². The Morgan fingerprint density at radius 2 is 1.82 bits per heavy atom. The van der Waals surface area contributed by atoms with E-state index >= 15 is 0 Å². The molecule has 0 saturated heterocycles. The lowest BCUT2D eigenvalue weighted by Crippen LogP contribution is -2.37. The molecule has 1 aromatic carbocycles. The van der Waals surface area contributed by atoms with Crippen LogP contribution in [0.25, 0.3) is 0 Å². The molecule has 0 aliphatic heterocycles. The van der Waals surface area contributed by atoms with Gasteiger partial charge in [-0.25, -0.2) is 0 Å². The first-order valence-corrected chi connectivity index (χ1v) is 5.25. The molecule has 1 aromatic rings. The number of alkyl halides is 3. The quantitative estimate of drug-likeness (QED) is 0.882. The Kier molecular flexibility index (Phi) is 4.53. The summed E-state index contributed by atoms with van der Waals surface area (Å²) in [6.07, 6.45) is -3.48. The summed E-state index contributed by atoms with van der Waals surface area (Å²) in [4.78, 5) is 0. The van der Waals surface area contributed by atoms with E-state index in [1.54, 1.807) is 24.3 Å². The average molecular weight is 242 g/mol. The number of nitriles is 1. The minimum absolute atomic E-state index is 0.0799. The number of nitrogens with two attached hydrogens (primary N) is 1. The fraction of sp³-hybridized carbons (Fsp3) is 0.417. The Balaban J connectivity index is 2.39. The van der Waals surface area contributed by atoms with E-state index in [0.717, 1.165) is 5.56 Å². The first-order chi connectivity index (χ1) is 7.93. The molecule has 0 spiro atoms. The van der Waals surface area contributed by atoms with E-state index in [4.69, 9.17) is 11.0 Å². The maximum atomic E-state index is 12.1. The van der Waals surface area contributed by atoms with Crippen molar-refractivity contribution in [2.75, 3.05) is 0 Å². The van der Waals surface area contributed by atoms with Crippen LogP contribution in [-0.4, -0.2) is 12.2 Å². The molecule has 0 saturated carbocycles. The van der Waals surface area contributed by atoms with Gasteiger partial charge in [0.2, 0.25) is 0 Å². The zero-order chi connectivity index (χ0) is 12.9. The third kappa shape index (κ3) is 4.45. The highest BCUT2D eigenvalue weighted by atomic mass is 19.4. The zero-order valence-corrected chi connectivity index (χ0v) is 9.17. The summed E-state index contributed by atoms with van der Waals surface area (Å²) in [5, 5.41) is 8.58. The number of hydrogen-bond donors (Lipinski definition) is 1. The molecule has 0 unspecified atom stereocenters. The van der Waals surface area contributed by atoms with Gasteiger partial charge in [-0.3, -0.25) is 0 Å². The van der Waals surface area contributed by atoms with Crippen molar-refractivity contribution in [3.8, 4) is 6.07 Å². The van der Waals surface area contributed by atoms with Gasteiger partial charge in [0.25, 0.3) is 0 Å². The van der Waals surface area contributed by atoms with Crippen LogP contribution in [0.4, 0.5) is 13.2 Å². The van der Waals surface area contributed by atoms with Crippen molar-refractivity contribution in [2.24, 2.45) is 5.73 Å². The van der Waals surface area contributed by atoms with Gasteiger partial charge in [-0.15, -0.1) is 0 Å². The smallest absolute Gasteiger partial charge is 0.320 e. The second kappa shape index (κ2) is 5.69. The van der Waals surface area contributed by atoms with Crippen molar-refractivity contribution in [3.63, 3.8) is 0 Å². The van der Waals surface area contributed by atoms with Gasteiger partial charge in [0, 0.05) is 0 Å². The van der Waals surface area contributed by atoms with Gasteiger partial charge in [-0.05, 0) is 37.0 Å². The summed E-state index contributed by atoms with van der Waals surface area (Å²) in [6.45, 7) is 0. The summed E-state index contributed by atoms with van der Waals surface area (Å²) in [5.41, 5.74) is 6.45. The fourth-order valence-corrected chi connectivity index (χ4v) is 1.44. The van der Waals surface area contributed by atoms with Crippen LogP contribution in [0.3, 0.4) is 0 Å². The predicted octanol–water partition coefficient (Wildman–Crippen LogP) is 2.77. The van der Waals surface area contributed by atoms with E-state index in [-0.39, 0.29) is 6.42 Å². The second-order valence-electron chi connectivity index (χ2n) is 3.85. The van der Waals surface area contributed by atoms with Crippen molar-refractivity contribution in [2.45, 2.75) is 31.5 Å². The van der Waals surface area contributed by atoms with E-state index < -0.39 is 12.2 Å². The number of benzene rings is 1. The number of rotatable bonds is 4. The molecule has 0 aliphatic carbocycles. The molecule has 17 heavy (non-hydrogen) atoms. The van der Waals surface area contributed by atoms with Crippen molar-refractivity contribution in [1.29, 1.82) is 5.26 Å². The Bertz CT molecular complexity index is 390. The molecule has 0 fully saturated rings. The van der Waals surface area contributed by atoms with Gasteiger partial charge in [0.05, 0.1) is 11.6 Å². The van der Waals surface area contributed by atoms with Gasteiger partial charge in [-0.2, -0.15) is 18.4 Å². The molecule has 92 valence electrons. The van der Waals surface area contributed by atoms with E-state index in [2.05, 4.69) is 0 Å². The molecule has 0 aliphatic rings. The molecule has 0 heterocycles. The molecule has 0 bridgehead atoms. The minimum Gasteiger partial charge on any atom is -0.320 e. The van der Waals surface area contributed by atoms with Crippen molar-refractivity contribution >= 4 is 0 Å². The van der Waals surface area contributed by atoms with Gasteiger partial charge in [0.15, 0.2) is 0 Å². The third-order valence-electron chi connectivity index (χ3n) is 2.48. The van der Waals surface area contributed by atoms with E-state index in [0.29, 0.717) is 18.4 Å². The SMILES string of the molecule is N#Cc1ccc(CCC[C@H](N)C(F)(F)F)cc1. The van der Waals surface area contributed by atoms with Crippen LogP contribution in [0.2, 0.25) is 0 Å². The summed E-state index contributed by atoms with van der Waals surface area (Å²) in [7, 11) is 0. The van der Waals surface area contributed by atoms with Crippen molar-refractivity contribution in [1.82, 2.24) is 0 Å². The van der Waals surface area contributed by atoms with Crippen LogP contribution < -0.4 is 5.73 Å². The molecule has 0 radical (unpaired) electrons. The number of halogens is 3. The van der Waals surface area contributed by atoms with Crippen LogP contribution in [0, 0.1) is 11.3 Å². The van der Waals surface area contributed by atoms with E-state index in [1.165, 1.54) is 0 Å². The highest BCUT2D eigenvalue weighted by molar-refractivity contribution is 5.31. The lowest BCUT2D eigenvalue weighted by Gasteiger charge is -2.14. The molecular formula is C12H13F3N2. The lowest BCUT2D eigenvalue weighted by molar-refractivity contribution is -0.149. The van der Waals surface area contributed by atoms with Gasteiger partial charge >= 0.3 is 6.18 Å². The van der Waals surface area contributed by atoms with Crippen LogP contribution in [-0.2, 0) is 6.42 Å². The molecule has 0 amide bonds. The van der Waals surface area contributed by atoms with Crippen molar-refractivity contribution in [3.05, 3.63) is 35.4 Å². The predicted molar refractivity (Wildman–Crippen MR) is 58.1 cm³/mol. The Morgan fingerprint density at radius 1 is 1.24 bits per heavy atom. The van der Waals surface area contributed by atoms with Crippen LogP contribution in [0.5, 0.6) is 0 Å². The lowest BCUT2D eigenvalue weighted by atomic mass is 10.0. The Hall–Kier alpha value is -1.54. The summed E-state index contributed by atoms with van der Waals surface area (Å²) in [6, 6.07) is 7.03. The first-order valence-electron chi connectivity index (χ1n) is 5.25. The Labute approximate surface area is 97.9 Å². The third-order valence-corrected chi connectivity index (χ3v) is 2.48. The summed E-state index contributed by atoms with van der Waals surface area (Å²) >= 11 is 0. The molecule has 0 aromatic heterocycles. The maximum Gasteiger partial charge on any atom is 0.403 e. The Morgan fingerprint density at radius 3 is 2.29 bits per heavy atom. The van der Waals surface area contributed by atoms with Gasteiger partial charge < -0.3 is 5.73 Å². The first kappa shape index (κ1) is 13.5. The topological polar surface area (TPSA) is 49.8 Å². The molecule has 2 nitrogen and oxygen atoms in total. The van der Waals surface area contributed by atoms with Gasteiger partial charge in [-0.1, -0.05) is 12.1 Å². The highest BCUT2D eigenvalue weighted by Gasteiger charge is 2.35. The minimum atomic E-state index is -4.31. The van der Waals surface area contributed by atoms with Crippen LogP contribution in [0.1, 0.15) is 24.0 Å². The molecule has 1 rings (SSSR count). The number of nitrogens with zero attached hydrogens (tertiary/aromatic N) is 1. The average Bonchev–Trinajstić information content (AvgIpc) is 2.28. The molecule has 5 heteroatoms. The molecular weight excluding hydrogens is 229 g/mol. The second-order valence-corrected chi connectivity index (χ2v) is 3.85. The maximum absolute atomic E-state index is 12.1. The highest BCUT2D eigenvalue weighted by Crippen LogP contribution is 2.22.